The highest BCUT2D eigenvalue weighted by atomic mass is 16.5. The summed E-state index contributed by atoms with van der Waals surface area (Å²) < 4.78 is 5.14. The molecule has 8 nitrogen and oxygen atoms in total. The van der Waals surface area contributed by atoms with Crippen LogP contribution < -0.4 is 10.6 Å². The maximum absolute atomic E-state index is 13.1. The molecule has 0 spiro atoms. The van der Waals surface area contributed by atoms with E-state index in [0.717, 1.165) is 5.56 Å². The number of carbonyl (C=O) groups is 3. The van der Waals surface area contributed by atoms with E-state index >= 15 is 0 Å². The molecule has 0 saturated heterocycles. The fourth-order valence-corrected chi connectivity index (χ4v) is 3.73. The third kappa shape index (κ3) is 7.15. The van der Waals surface area contributed by atoms with Crippen molar-refractivity contribution in [1.82, 2.24) is 10.6 Å². The average Bonchev–Trinajstić information content (AvgIpc) is 2.87. The van der Waals surface area contributed by atoms with Crippen LogP contribution in [-0.2, 0) is 20.9 Å². The number of benzene rings is 3. The maximum atomic E-state index is 13.1. The van der Waals surface area contributed by atoms with E-state index in [1.807, 2.05) is 18.2 Å². The summed E-state index contributed by atoms with van der Waals surface area (Å²) in [5, 5.41) is 25.0. The molecule has 3 aromatic rings. The van der Waals surface area contributed by atoms with E-state index in [9.17, 15) is 24.6 Å². The van der Waals surface area contributed by atoms with Gasteiger partial charge in [-0.25, -0.2) is 9.59 Å². The lowest BCUT2D eigenvalue weighted by Crippen LogP contribution is -2.57. The average molecular weight is 477 g/mol. The number of aliphatic hydroxyl groups excluding tert-OH is 1. The third-order valence-corrected chi connectivity index (χ3v) is 5.47. The molecule has 0 aliphatic carbocycles. The number of amides is 2. The van der Waals surface area contributed by atoms with Crippen LogP contribution in [0.25, 0.3) is 0 Å². The lowest BCUT2D eigenvalue weighted by atomic mass is 9.84. The van der Waals surface area contributed by atoms with Crippen LogP contribution in [0.1, 0.15) is 29.5 Å². The summed E-state index contributed by atoms with van der Waals surface area (Å²) >= 11 is 0. The van der Waals surface area contributed by atoms with E-state index in [4.69, 9.17) is 4.74 Å². The lowest BCUT2D eigenvalue weighted by Gasteiger charge is -2.28. The summed E-state index contributed by atoms with van der Waals surface area (Å²) in [7, 11) is 0. The molecule has 8 heteroatoms. The van der Waals surface area contributed by atoms with Crippen LogP contribution >= 0.6 is 0 Å². The third-order valence-electron chi connectivity index (χ3n) is 5.47. The van der Waals surface area contributed by atoms with Gasteiger partial charge >= 0.3 is 12.1 Å². The van der Waals surface area contributed by atoms with Gasteiger partial charge in [-0.1, -0.05) is 91.0 Å². The zero-order chi connectivity index (χ0) is 25.2. The molecule has 0 aliphatic heterocycles. The van der Waals surface area contributed by atoms with Crippen LogP contribution in [0, 0.1) is 0 Å². The van der Waals surface area contributed by atoms with Crippen molar-refractivity contribution in [3.8, 4) is 0 Å². The molecule has 3 atom stereocenters. The Hall–Kier alpha value is -4.17. The Labute approximate surface area is 203 Å². The van der Waals surface area contributed by atoms with Crippen molar-refractivity contribution in [2.75, 3.05) is 0 Å². The predicted octanol–water partition coefficient (Wildman–Crippen LogP) is 3.06. The van der Waals surface area contributed by atoms with Crippen LogP contribution in [-0.4, -0.2) is 46.4 Å². The molecule has 0 unspecified atom stereocenters. The number of carboxylic acids is 1. The number of hydrogen-bond donors (Lipinski definition) is 4. The summed E-state index contributed by atoms with van der Waals surface area (Å²) in [6.07, 6.45) is -2.22. The monoisotopic (exact) mass is 476 g/mol. The second kappa shape index (κ2) is 12.3. The van der Waals surface area contributed by atoms with Crippen molar-refractivity contribution in [2.24, 2.45) is 0 Å². The summed E-state index contributed by atoms with van der Waals surface area (Å²) in [5.41, 5.74) is 2.13. The molecule has 0 aliphatic rings. The van der Waals surface area contributed by atoms with Crippen molar-refractivity contribution < 1.29 is 29.3 Å². The number of carbonyl (C=O) groups excluding carboxylic acids is 2. The molecule has 0 radical (unpaired) electrons. The predicted molar refractivity (Wildman–Crippen MR) is 130 cm³/mol. The quantitative estimate of drug-likeness (QED) is 0.356. The van der Waals surface area contributed by atoms with E-state index in [0.29, 0.717) is 11.1 Å². The molecule has 0 heterocycles. The second-order valence-corrected chi connectivity index (χ2v) is 8.05. The molecule has 2 amide bonds. The molecule has 4 N–H and O–H groups in total. The van der Waals surface area contributed by atoms with Crippen LogP contribution in [0.15, 0.2) is 91.0 Å². The minimum atomic E-state index is -1.42. The number of ether oxygens (including phenoxy) is 1. The van der Waals surface area contributed by atoms with Crippen LogP contribution in [0.3, 0.4) is 0 Å². The highest BCUT2D eigenvalue weighted by Crippen LogP contribution is 2.28. The summed E-state index contributed by atoms with van der Waals surface area (Å²) in [5.74, 6) is -2.81. The SMILES string of the molecule is C[C@@H](O)[C@H](NC(=O)OCc1ccccc1)C(=O)N[C@H](C(=O)O)C(c1ccccc1)c1ccccc1. The van der Waals surface area contributed by atoms with E-state index in [-0.39, 0.29) is 6.61 Å². The van der Waals surface area contributed by atoms with Gasteiger partial charge in [0.25, 0.3) is 0 Å². The number of alkyl carbamates (subject to hydrolysis) is 1. The number of aliphatic hydroxyl groups is 1. The van der Waals surface area contributed by atoms with Crippen LogP contribution in [0.2, 0.25) is 0 Å². The minimum Gasteiger partial charge on any atom is -0.480 e. The zero-order valence-corrected chi connectivity index (χ0v) is 19.2. The Kier molecular flexibility index (Phi) is 8.97. The number of carboxylic acid groups (broad SMARTS) is 1. The van der Waals surface area contributed by atoms with Gasteiger partial charge in [-0.05, 0) is 23.6 Å². The van der Waals surface area contributed by atoms with Gasteiger partial charge in [-0.15, -0.1) is 0 Å². The first kappa shape index (κ1) is 25.5. The minimum absolute atomic E-state index is 0.0251. The Morgan fingerprint density at radius 1 is 0.771 bits per heavy atom. The molecule has 3 rings (SSSR count). The van der Waals surface area contributed by atoms with Crippen molar-refractivity contribution >= 4 is 18.0 Å². The van der Waals surface area contributed by atoms with Gasteiger partial charge < -0.3 is 25.6 Å². The molecule has 182 valence electrons. The Bertz CT molecular complexity index is 1070. The van der Waals surface area contributed by atoms with Gasteiger partial charge in [-0.2, -0.15) is 0 Å². The Morgan fingerprint density at radius 2 is 1.26 bits per heavy atom. The summed E-state index contributed by atoms with van der Waals surface area (Å²) in [6, 6.07) is 24.1. The Balaban J connectivity index is 1.78. The summed E-state index contributed by atoms with van der Waals surface area (Å²) in [4.78, 5) is 37.7. The highest BCUT2D eigenvalue weighted by molar-refractivity contribution is 5.90. The molecular formula is C27H28N2O6. The number of rotatable bonds is 10. The smallest absolute Gasteiger partial charge is 0.408 e. The van der Waals surface area contributed by atoms with Gasteiger partial charge in [0.2, 0.25) is 5.91 Å². The van der Waals surface area contributed by atoms with Gasteiger partial charge in [0, 0.05) is 5.92 Å². The second-order valence-electron chi connectivity index (χ2n) is 8.05. The Morgan fingerprint density at radius 3 is 1.71 bits per heavy atom. The number of aliphatic carboxylic acids is 1. The number of nitrogens with one attached hydrogen (secondary N) is 2. The van der Waals surface area contributed by atoms with E-state index in [1.54, 1.807) is 72.8 Å². The standard InChI is InChI=1S/C27H28N2O6/c1-18(30)23(29-27(34)35-17-19-11-5-2-6-12-19)25(31)28-24(26(32)33)22(20-13-7-3-8-14-20)21-15-9-4-10-16-21/h2-16,18,22-24,30H,17H2,1H3,(H,28,31)(H,29,34)(H,32,33)/t18-,23+,24+/m1/s1. The van der Waals surface area contributed by atoms with Crippen molar-refractivity contribution in [3.63, 3.8) is 0 Å². The molecule has 0 aromatic heterocycles. The van der Waals surface area contributed by atoms with Gasteiger partial charge in [0.1, 0.15) is 18.7 Å². The molecule has 0 bridgehead atoms. The van der Waals surface area contributed by atoms with Crippen molar-refractivity contribution in [2.45, 2.75) is 37.6 Å². The molecule has 0 fully saturated rings. The van der Waals surface area contributed by atoms with Crippen LogP contribution in [0.4, 0.5) is 4.79 Å². The highest BCUT2D eigenvalue weighted by Gasteiger charge is 2.35. The molecule has 35 heavy (non-hydrogen) atoms. The molecular weight excluding hydrogens is 448 g/mol. The largest absolute Gasteiger partial charge is 0.480 e. The fraction of sp³-hybridized carbons (Fsp3) is 0.222. The van der Waals surface area contributed by atoms with E-state index in [2.05, 4.69) is 10.6 Å². The normalized spacial score (nSPS) is 13.3. The molecule has 0 saturated carbocycles. The van der Waals surface area contributed by atoms with Crippen LogP contribution in [0.5, 0.6) is 0 Å². The molecule has 3 aromatic carbocycles. The number of hydrogen-bond acceptors (Lipinski definition) is 5. The van der Waals surface area contributed by atoms with Gasteiger partial charge in [-0.3, -0.25) is 4.79 Å². The topological polar surface area (TPSA) is 125 Å². The first-order valence-corrected chi connectivity index (χ1v) is 11.1. The first-order valence-electron chi connectivity index (χ1n) is 11.1. The zero-order valence-electron chi connectivity index (χ0n) is 19.2. The maximum Gasteiger partial charge on any atom is 0.408 e. The van der Waals surface area contributed by atoms with Gasteiger partial charge in [0.05, 0.1) is 6.10 Å². The lowest BCUT2D eigenvalue weighted by molar-refractivity contribution is -0.143. The summed E-state index contributed by atoms with van der Waals surface area (Å²) in [6.45, 7) is 1.30. The first-order chi connectivity index (χ1) is 16.9. The van der Waals surface area contributed by atoms with Crippen molar-refractivity contribution in [1.29, 1.82) is 0 Å². The van der Waals surface area contributed by atoms with E-state index < -0.39 is 42.1 Å². The van der Waals surface area contributed by atoms with Gasteiger partial charge in [0.15, 0.2) is 0 Å². The van der Waals surface area contributed by atoms with Crippen molar-refractivity contribution in [3.05, 3.63) is 108 Å². The fourth-order valence-electron chi connectivity index (χ4n) is 3.73. The van der Waals surface area contributed by atoms with E-state index in [1.165, 1.54) is 6.92 Å².